The summed E-state index contributed by atoms with van der Waals surface area (Å²) in [6.45, 7) is 1.56. The number of rotatable bonds is 5. The number of piperidine rings is 1. The molecule has 1 aliphatic heterocycles. The van der Waals surface area contributed by atoms with E-state index >= 15 is 0 Å². The first-order valence-electron chi connectivity index (χ1n) is 8.52. The Morgan fingerprint density at radius 2 is 1.92 bits per heavy atom. The second kappa shape index (κ2) is 7.88. The molecule has 0 bridgehead atoms. The minimum absolute atomic E-state index is 0.00535. The van der Waals surface area contributed by atoms with Gasteiger partial charge < -0.3 is 14.5 Å². The Balaban J connectivity index is 1.61. The highest BCUT2D eigenvalue weighted by molar-refractivity contribution is 6.27. The smallest absolute Gasteiger partial charge is 0.410 e. The summed E-state index contributed by atoms with van der Waals surface area (Å²) < 4.78 is 5.52. The van der Waals surface area contributed by atoms with E-state index in [1.807, 2.05) is 35.2 Å². The lowest BCUT2D eigenvalue weighted by Crippen LogP contribution is -2.52. The molecule has 6 heteroatoms. The third kappa shape index (κ3) is 4.20. The van der Waals surface area contributed by atoms with E-state index in [1.54, 1.807) is 4.90 Å². The van der Waals surface area contributed by atoms with Crippen LogP contribution in [0.2, 0.25) is 0 Å². The summed E-state index contributed by atoms with van der Waals surface area (Å²) >= 11 is 5.67. The molecule has 3 rings (SSSR count). The maximum atomic E-state index is 12.6. The quantitative estimate of drug-likeness (QED) is 0.767. The summed E-state index contributed by atoms with van der Waals surface area (Å²) in [6.07, 6.45) is 3.55. The van der Waals surface area contributed by atoms with Gasteiger partial charge in [-0.25, -0.2) is 4.79 Å². The van der Waals surface area contributed by atoms with Crippen LogP contribution in [-0.4, -0.2) is 52.9 Å². The number of halogens is 1. The molecular formula is C18H23ClN2O3. The van der Waals surface area contributed by atoms with Crippen molar-refractivity contribution in [2.24, 2.45) is 0 Å². The van der Waals surface area contributed by atoms with Crippen LogP contribution >= 0.6 is 11.6 Å². The predicted molar refractivity (Wildman–Crippen MR) is 91.8 cm³/mol. The highest BCUT2D eigenvalue weighted by Crippen LogP contribution is 2.32. The lowest BCUT2D eigenvalue weighted by atomic mass is 10.0. The maximum Gasteiger partial charge on any atom is 0.410 e. The van der Waals surface area contributed by atoms with Crippen LogP contribution in [0.1, 0.15) is 31.2 Å². The molecule has 1 unspecified atom stereocenters. The molecule has 24 heavy (non-hydrogen) atoms. The van der Waals surface area contributed by atoms with E-state index < -0.39 is 0 Å². The Morgan fingerprint density at radius 3 is 2.58 bits per heavy atom. The van der Waals surface area contributed by atoms with Crippen molar-refractivity contribution >= 4 is 23.6 Å². The van der Waals surface area contributed by atoms with Gasteiger partial charge in [0.15, 0.2) is 0 Å². The van der Waals surface area contributed by atoms with Gasteiger partial charge in [-0.3, -0.25) is 4.79 Å². The molecule has 0 spiro atoms. The Hall–Kier alpha value is -1.75. The number of carbonyl (C=O) groups excluding carboxylic acids is 2. The third-order valence-electron chi connectivity index (χ3n) is 4.61. The number of hydrogen-bond acceptors (Lipinski definition) is 3. The van der Waals surface area contributed by atoms with E-state index in [9.17, 15) is 9.59 Å². The minimum Gasteiger partial charge on any atom is -0.445 e. The normalized spacial score (nSPS) is 20.5. The lowest BCUT2D eigenvalue weighted by Gasteiger charge is -2.38. The van der Waals surface area contributed by atoms with Gasteiger partial charge in [0, 0.05) is 19.1 Å². The highest BCUT2D eigenvalue weighted by atomic mass is 35.5. The number of likely N-dealkylation sites (tertiary alicyclic amines) is 1. The number of ether oxygens (including phenoxy) is 1. The van der Waals surface area contributed by atoms with Crippen molar-refractivity contribution in [3.63, 3.8) is 0 Å². The van der Waals surface area contributed by atoms with Gasteiger partial charge in [-0.05, 0) is 31.2 Å². The van der Waals surface area contributed by atoms with E-state index in [0.717, 1.165) is 37.8 Å². The SMILES string of the molecule is O=C(CCl)N1CCCC(N(C(=O)OCc2ccccc2)C2CC2)C1. The van der Waals surface area contributed by atoms with Crippen LogP contribution in [0.4, 0.5) is 4.79 Å². The van der Waals surface area contributed by atoms with Gasteiger partial charge in [0.2, 0.25) is 5.91 Å². The fourth-order valence-corrected chi connectivity index (χ4v) is 3.40. The topological polar surface area (TPSA) is 49.9 Å². The first-order chi connectivity index (χ1) is 11.7. The molecule has 0 aromatic heterocycles. The van der Waals surface area contributed by atoms with Gasteiger partial charge >= 0.3 is 6.09 Å². The average molecular weight is 351 g/mol. The van der Waals surface area contributed by atoms with E-state index in [0.29, 0.717) is 6.54 Å². The molecule has 130 valence electrons. The monoisotopic (exact) mass is 350 g/mol. The summed E-state index contributed by atoms with van der Waals surface area (Å²) in [7, 11) is 0. The van der Waals surface area contributed by atoms with Gasteiger partial charge in [-0.1, -0.05) is 30.3 Å². The molecular weight excluding hydrogens is 328 g/mol. The standard InChI is InChI=1S/C18H23ClN2O3/c19-11-17(22)20-10-4-7-16(12-20)21(15-8-9-15)18(23)24-13-14-5-2-1-3-6-14/h1-3,5-6,15-16H,4,7-13H2. The number of benzene rings is 1. The van der Waals surface area contributed by atoms with Gasteiger partial charge in [-0.2, -0.15) is 0 Å². The van der Waals surface area contributed by atoms with Gasteiger partial charge in [-0.15, -0.1) is 11.6 Å². The molecule has 2 fully saturated rings. The fraction of sp³-hybridized carbons (Fsp3) is 0.556. The van der Waals surface area contributed by atoms with Crippen molar-refractivity contribution in [1.29, 1.82) is 0 Å². The lowest BCUT2D eigenvalue weighted by molar-refractivity contribution is -0.130. The van der Waals surface area contributed by atoms with Crippen molar-refractivity contribution < 1.29 is 14.3 Å². The van der Waals surface area contributed by atoms with Crippen molar-refractivity contribution in [2.75, 3.05) is 19.0 Å². The van der Waals surface area contributed by atoms with Crippen LogP contribution in [0.15, 0.2) is 30.3 Å². The number of nitrogens with zero attached hydrogens (tertiary/aromatic N) is 2. The third-order valence-corrected chi connectivity index (χ3v) is 4.84. The van der Waals surface area contributed by atoms with Crippen molar-refractivity contribution in [3.8, 4) is 0 Å². The van der Waals surface area contributed by atoms with E-state index in [1.165, 1.54) is 0 Å². The van der Waals surface area contributed by atoms with Gasteiger partial charge in [0.25, 0.3) is 0 Å². The maximum absolute atomic E-state index is 12.6. The van der Waals surface area contributed by atoms with Crippen LogP contribution in [0, 0.1) is 0 Å². The average Bonchev–Trinajstić information content (AvgIpc) is 3.45. The molecule has 1 aliphatic carbocycles. The van der Waals surface area contributed by atoms with E-state index in [-0.39, 0.29) is 36.6 Å². The summed E-state index contributed by atoms with van der Waals surface area (Å²) in [5.74, 6) is -0.0658. The zero-order valence-electron chi connectivity index (χ0n) is 13.7. The molecule has 1 heterocycles. The molecule has 1 aromatic carbocycles. The molecule has 0 N–H and O–H groups in total. The second-order valence-electron chi connectivity index (χ2n) is 6.45. The molecule has 0 radical (unpaired) electrons. The number of amides is 2. The second-order valence-corrected chi connectivity index (χ2v) is 6.72. The van der Waals surface area contributed by atoms with Crippen molar-refractivity contribution in [3.05, 3.63) is 35.9 Å². The van der Waals surface area contributed by atoms with E-state index in [2.05, 4.69) is 0 Å². The predicted octanol–water partition coefficient (Wildman–Crippen LogP) is 3.02. The first kappa shape index (κ1) is 17.1. The zero-order chi connectivity index (χ0) is 16.9. The zero-order valence-corrected chi connectivity index (χ0v) is 14.5. The highest BCUT2D eigenvalue weighted by Gasteiger charge is 2.40. The molecule has 5 nitrogen and oxygen atoms in total. The van der Waals surface area contributed by atoms with Crippen molar-refractivity contribution in [2.45, 2.75) is 44.4 Å². The van der Waals surface area contributed by atoms with E-state index in [4.69, 9.17) is 16.3 Å². The van der Waals surface area contributed by atoms with Crippen molar-refractivity contribution in [1.82, 2.24) is 9.80 Å². The Kier molecular flexibility index (Phi) is 5.61. The summed E-state index contributed by atoms with van der Waals surface area (Å²) in [6, 6.07) is 9.96. The number of hydrogen-bond donors (Lipinski definition) is 0. The Morgan fingerprint density at radius 1 is 1.17 bits per heavy atom. The molecule has 1 saturated carbocycles. The summed E-state index contributed by atoms with van der Waals surface area (Å²) in [5, 5.41) is 0. The Labute approximate surface area is 147 Å². The molecule has 1 aromatic rings. The van der Waals surface area contributed by atoms with Gasteiger partial charge in [0.1, 0.15) is 12.5 Å². The minimum atomic E-state index is -0.272. The largest absolute Gasteiger partial charge is 0.445 e. The van der Waals surface area contributed by atoms with Crippen LogP contribution in [0.5, 0.6) is 0 Å². The number of carbonyl (C=O) groups is 2. The van der Waals surface area contributed by atoms with Crippen LogP contribution < -0.4 is 0 Å². The van der Waals surface area contributed by atoms with Crippen LogP contribution in [0.25, 0.3) is 0 Å². The molecule has 2 aliphatic rings. The first-order valence-corrected chi connectivity index (χ1v) is 9.05. The fourth-order valence-electron chi connectivity index (χ4n) is 3.24. The summed E-state index contributed by atoms with van der Waals surface area (Å²) in [4.78, 5) is 28.1. The molecule has 1 atom stereocenters. The summed E-state index contributed by atoms with van der Waals surface area (Å²) in [5.41, 5.74) is 0.976. The number of alkyl halides is 1. The van der Waals surface area contributed by atoms with Crippen LogP contribution in [-0.2, 0) is 16.1 Å². The molecule has 2 amide bonds. The van der Waals surface area contributed by atoms with Gasteiger partial charge in [0.05, 0.1) is 6.04 Å². The van der Waals surface area contributed by atoms with Crippen LogP contribution in [0.3, 0.4) is 0 Å². The Bertz CT molecular complexity index is 577. The molecule has 1 saturated heterocycles.